The summed E-state index contributed by atoms with van der Waals surface area (Å²) in [6.45, 7) is 5.24. The second-order valence-electron chi connectivity index (χ2n) is 6.27. The van der Waals surface area contributed by atoms with Crippen molar-refractivity contribution >= 4 is 16.9 Å². The van der Waals surface area contributed by atoms with E-state index in [-0.39, 0.29) is 12.0 Å². The molecule has 2 saturated heterocycles. The van der Waals surface area contributed by atoms with Gasteiger partial charge in [0.2, 0.25) is 0 Å². The number of H-pyrrole nitrogens is 1. The molecular formula is C15H20N4O2. The van der Waals surface area contributed by atoms with Crippen LogP contribution in [0.2, 0.25) is 0 Å². The SMILES string of the molecule is Cc1nc(N2C[C@@H]3CCOC[C@]3(CO)C2)c2[nH]ccc2n1. The minimum absolute atomic E-state index is 0.143. The van der Waals surface area contributed by atoms with Crippen molar-refractivity contribution in [2.75, 3.05) is 37.8 Å². The predicted octanol–water partition coefficient (Wildman–Crippen LogP) is 1.10. The Bertz CT molecular complexity index is 671. The van der Waals surface area contributed by atoms with Crippen LogP contribution in [0.3, 0.4) is 0 Å². The molecule has 0 aromatic carbocycles. The van der Waals surface area contributed by atoms with Crippen molar-refractivity contribution < 1.29 is 9.84 Å². The maximum atomic E-state index is 9.90. The second-order valence-corrected chi connectivity index (χ2v) is 6.27. The molecule has 2 atom stereocenters. The maximum Gasteiger partial charge on any atom is 0.156 e. The molecule has 0 radical (unpaired) electrons. The van der Waals surface area contributed by atoms with E-state index >= 15 is 0 Å². The fourth-order valence-electron chi connectivity index (χ4n) is 3.75. The minimum Gasteiger partial charge on any atom is -0.396 e. The molecule has 2 aromatic heterocycles. The average molecular weight is 288 g/mol. The molecule has 21 heavy (non-hydrogen) atoms. The van der Waals surface area contributed by atoms with Crippen LogP contribution in [0.4, 0.5) is 5.82 Å². The number of nitrogens with one attached hydrogen (secondary N) is 1. The summed E-state index contributed by atoms with van der Waals surface area (Å²) in [5.74, 6) is 2.20. The van der Waals surface area contributed by atoms with Crippen LogP contribution in [-0.2, 0) is 4.74 Å². The lowest BCUT2D eigenvalue weighted by Crippen LogP contribution is -2.43. The van der Waals surface area contributed by atoms with Gasteiger partial charge in [0.1, 0.15) is 11.3 Å². The molecule has 112 valence electrons. The fraction of sp³-hybridized carbons (Fsp3) is 0.600. The van der Waals surface area contributed by atoms with Gasteiger partial charge in [-0.3, -0.25) is 0 Å². The van der Waals surface area contributed by atoms with Crippen molar-refractivity contribution in [1.29, 1.82) is 0 Å². The third kappa shape index (κ3) is 1.93. The zero-order valence-electron chi connectivity index (χ0n) is 12.2. The Morgan fingerprint density at radius 1 is 1.52 bits per heavy atom. The maximum absolute atomic E-state index is 9.90. The normalized spacial score (nSPS) is 29.0. The molecule has 2 aliphatic rings. The lowest BCUT2D eigenvalue weighted by atomic mass is 9.76. The molecule has 6 nitrogen and oxygen atoms in total. The van der Waals surface area contributed by atoms with E-state index in [2.05, 4.69) is 19.9 Å². The van der Waals surface area contributed by atoms with E-state index in [1.807, 2.05) is 19.2 Å². The van der Waals surface area contributed by atoms with Gasteiger partial charge >= 0.3 is 0 Å². The number of anilines is 1. The van der Waals surface area contributed by atoms with Gasteiger partial charge in [0.25, 0.3) is 0 Å². The molecule has 0 spiro atoms. The second kappa shape index (κ2) is 4.68. The van der Waals surface area contributed by atoms with E-state index in [1.54, 1.807) is 0 Å². The number of aliphatic hydroxyl groups excluding tert-OH is 1. The first-order chi connectivity index (χ1) is 10.2. The molecule has 4 rings (SSSR count). The summed E-state index contributed by atoms with van der Waals surface area (Å²) >= 11 is 0. The lowest BCUT2D eigenvalue weighted by Gasteiger charge is -2.36. The number of hydrogen-bond donors (Lipinski definition) is 2. The number of aromatic nitrogens is 3. The van der Waals surface area contributed by atoms with Gasteiger partial charge in [-0.2, -0.15) is 0 Å². The van der Waals surface area contributed by atoms with Crippen LogP contribution in [-0.4, -0.2) is 53.0 Å². The number of hydrogen-bond acceptors (Lipinski definition) is 5. The Labute approximate surface area is 123 Å². The Hall–Kier alpha value is -1.66. The highest BCUT2D eigenvalue weighted by Gasteiger charge is 2.48. The van der Waals surface area contributed by atoms with E-state index in [0.29, 0.717) is 12.5 Å². The van der Waals surface area contributed by atoms with E-state index < -0.39 is 0 Å². The van der Waals surface area contributed by atoms with E-state index in [1.165, 1.54) is 0 Å². The van der Waals surface area contributed by atoms with Crippen molar-refractivity contribution in [1.82, 2.24) is 15.0 Å². The van der Waals surface area contributed by atoms with Crippen molar-refractivity contribution in [3.05, 3.63) is 18.1 Å². The Kier molecular flexibility index (Phi) is 2.90. The molecule has 2 N–H and O–H groups in total. The first-order valence-corrected chi connectivity index (χ1v) is 7.47. The van der Waals surface area contributed by atoms with Crippen molar-refractivity contribution in [2.24, 2.45) is 11.3 Å². The predicted molar refractivity (Wildman–Crippen MR) is 79.3 cm³/mol. The number of aliphatic hydroxyl groups is 1. The summed E-state index contributed by atoms with van der Waals surface area (Å²) in [6.07, 6.45) is 2.91. The van der Waals surface area contributed by atoms with Gasteiger partial charge < -0.3 is 19.7 Å². The molecule has 0 saturated carbocycles. The Morgan fingerprint density at radius 3 is 3.24 bits per heavy atom. The zero-order chi connectivity index (χ0) is 14.4. The summed E-state index contributed by atoms with van der Waals surface area (Å²) in [5, 5.41) is 9.90. The van der Waals surface area contributed by atoms with Crippen LogP contribution in [0.5, 0.6) is 0 Å². The first kappa shape index (κ1) is 13.0. The van der Waals surface area contributed by atoms with E-state index in [9.17, 15) is 5.11 Å². The van der Waals surface area contributed by atoms with Gasteiger partial charge in [-0.05, 0) is 25.3 Å². The summed E-state index contributed by atoms with van der Waals surface area (Å²) in [6, 6.07) is 1.97. The van der Waals surface area contributed by atoms with Crippen LogP contribution in [0, 0.1) is 18.3 Å². The third-order valence-corrected chi connectivity index (χ3v) is 4.93. The monoisotopic (exact) mass is 288 g/mol. The average Bonchev–Trinajstić information content (AvgIpc) is 3.10. The standard InChI is InChI=1S/C15H20N4O2/c1-10-17-12-2-4-16-13(12)14(18-10)19-6-11-3-5-21-9-15(11,7-19)8-20/h2,4,11,16,20H,3,5-9H2,1H3/t11-,15+/m0/s1. The summed E-state index contributed by atoms with van der Waals surface area (Å²) in [7, 11) is 0. The van der Waals surface area contributed by atoms with E-state index in [4.69, 9.17) is 4.74 Å². The smallest absolute Gasteiger partial charge is 0.156 e. The quantitative estimate of drug-likeness (QED) is 0.865. The van der Waals surface area contributed by atoms with Crippen molar-refractivity contribution in [3.8, 4) is 0 Å². The first-order valence-electron chi connectivity index (χ1n) is 7.47. The number of nitrogens with zero attached hydrogens (tertiary/aromatic N) is 3. The highest BCUT2D eigenvalue weighted by molar-refractivity contribution is 5.86. The molecule has 2 fully saturated rings. The van der Waals surface area contributed by atoms with Crippen LogP contribution < -0.4 is 4.90 Å². The molecule has 2 aliphatic heterocycles. The lowest BCUT2D eigenvalue weighted by molar-refractivity contribution is -0.0543. The highest BCUT2D eigenvalue weighted by atomic mass is 16.5. The molecule has 0 aliphatic carbocycles. The Morgan fingerprint density at radius 2 is 2.43 bits per heavy atom. The van der Waals surface area contributed by atoms with E-state index in [0.717, 1.165) is 48.8 Å². The van der Waals surface area contributed by atoms with Gasteiger partial charge in [0.15, 0.2) is 5.82 Å². The van der Waals surface area contributed by atoms with Gasteiger partial charge in [-0.1, -0.05) is 0 Å². The molecule has 0 unspecified atom stereocenters. The minimum atomic E-state index is -0.143. The largest absolute Gasteiger partial charge is 0.396 e. The van der Waals surface area contributed by atoms with Crippen LogP contribution in [0.1, 0.15) is 12.2 Å². The van der Waals surface area contributed by atoms with Crippen molar-refractivity contribution in [2.45, 2.75) is 13.3 Å². The van der Waals surface area contributed by atoms with Crippen LogP contribution in [0.15, 0.2) is 12.3 Å². The van der Waals surface area contributed by atoms with Gasteiger partial charge in [-0.25, -0.2) is 9.97 Å². The van der Waals surface area contributed by atoms with Crippen LogP contribution in [0.25, 0.3) is 11.0 Å². The summed E-state index contributed by atoms with van der Waals surface area (Å²) in [5.41, 5.74) is 1.78. The van der Waals surface area contributed by atoms with Crippen LogP contribution >= 0.6 is 0 Å². The Balaban J connectivity index is 1.75. The summed E-state index contributed by atoms with van der Waals surface area (Å²) in [4.78, 5) is 14.6. The van der Waals surface area contributed by atoms with Gasteiger partial charge in [0, 0.05) is 31.3 Å². The fourth-order valence-corrected chi connectivity index (χ4v) is 3.75. The molecule has 6 heteroatoms. The molecule has 4 heterocycles. The third-order valence-electron chi connectivity index (χ3n) is 4.93. The number of aromatic amines is 1. The molecule has 0 amide bonds. The zero-order valence-corrected chi connectivity index (χ0v) is 12.2. The molecule has 0 bridgehead atoms. The molecule has 2 aromatic rings. The van der Waals surface area contributed by atoms with Gasteiger partial charge in [-0.15, -0.1) is 0 Å². The highest BCUT2D eigenvalue weighted by Crippen LogP contribution is 2.43. The number of ether oxygens (including phenoxy) is 1. The molecular weight excluding hydrogens is 268 g/mol. The summed E-state index contributed by atoms with van der Waals surface area (Å²) < 4.78 is 5.63. The number of rotatable bonds is 2. The van der Waals surface area contributed by atoms with Crippen molar-refractivity contribution in [3.63, 3.8) is 0 Å². The number of fused-ring (bicyclic) bond motifs is 2. The topological polar surface area (TPSA) is 74.3 Å². The van der Waals surface area contributed by atoms with Gasteiger partial charge in [0.05, 0.1) is 18.7 Å². The number of aryl methyl sites for hydroxylation is 1.